The van der Waals surface area contributed by atoms with E-state index in [4.69, 9.17) is 5.11 Å². The minimum atomic E-state index is -1.27. The van der Waals surface area contributed by atoms with Crippen molar-refractivity contribution in [1.29, 1.82) is 0 Å². The van der Waals surface area contributed by atoms with Crippen LogP contribution in [0.15, 0.2) is 12.7 Å². The Morgan fingerprint density at radius 3 is 2.39 bits per heavy atom. The third-order valence-corrected chi connectivity index (χ3v) is 4.59. The normalized spacial score (nSPS) is 16.9. The van der Waals surface area contributed by atoms with E-state index in [0.29, 0.717) is 19.3 Å². The van der Waals surface area contributed by atoms with Crippen molar-refractivity contribution in [2.45, 2.75) is 63.7 Å². The second-order valence-electron chi connectivity index (χ2n) is 5.51. The molecule has 2 N–H and O–H groups in total. The van der Waals surface area contributed by atoms with Gasteiger partial charge in [0.2, 0.25) is 0 Å². The number of nitrogens with one attached hydrogen (secondary N) is 1. The van der Waals surface area contributed by atoms with Crippen LogP contribution in [0, 0.1) is 0 Å². The van der Waals surface area contributed by atoms with Crippen LogP contribution in [0.5, 0.6) is 0 Å². The molecule has 4 nitrogen and oxygen atoms in total. The lowest BCUT2D eigenvalue weighted by Crippen LogP contribution is -2.54. The molecule has 0 spiro atoms. The summed E-state index contributed by atoms with van der Waals surface area (Å²) in [7, 11) is 0. The first kappa shape index (κ1) is 17.5. The van der Waals surface area contributed by atoms with E-state index in [0.717, 1.165) is 0 Å². The lowest BCUT2D eigenvalue weighted by atomic mass is 9.88. The van der Waals surface area contributed by atoms with Gasteiger partial charge < -0.3 is 9.66 Å². The molecule has 5 heteroatoms. The number of allylic oxidation sites excluding steroid dienone is 1. The Hall–Kier alpha value is -0.520. The van der Waals surface area contributed by atoms with Crippen molar-refractivity contribution in [2.75, 3.05) is 0 Å². The van der Waals surface area contributed by atoms with Gasteiger partial charge in [0.25, 0.3) is 0 Å². The van der Waals surface area contributed by atoms with Crippen LogP contribution in [0.2, 0.25) is 0 Å². The number of carbonyl (C=O) groups is 1. The van der Waals surface area contributed by atoms with E-state index in [1.165, 1.54) is 0 Å². The van der Waals surface area contributed by atoms with Gasteiger partial charge in [0.15, 0.2) is 0 Å². The van der Waals surface area contributed by atoms with E-state index < -0.39 is 27.6 Å². The van der Waals surface area contributed by atoms with Crippen molar-refractivity contribution in [3.05, 3.63) is 12.7 Å². The number of carboxylic acid groups (broad SMARTS) is 1. The summed E-state index contributed by atoms with van der Waals surface area (Å²) in [6.07, 6.45) is 3.68. The summed E-state index contributed by atoms with van der Waals surface area (Å²) < 4.78 is 14.8. The highest BCUT2D eigenvalue weighted by Crippen LogP contribution is 2.26. The van der Waals surface area contributed by atoms with Crippen molar-refractivity contribution in [2.24, 2.45) is 0 Å². The van der Waals surface area contributed by atoms with E-state index in [1.54, 1.807) is 6.08 Å². The average Bonchev–Trinajstić information content (AvgIpc) is 2.23. The number of carboxylic acids is 1. The van der Waals surface area contributed by atoms with Crippen LogP contribution < -0.4 is 4.72 Å². The van der Waals surface area contributed by atoms with Crippen molar-refractivity contribution >= 4 is 17.3 Å². The van der Waals surface area contributed by atoms with Gasteiger partial charge in [-0.1, -0.05) is 13.0 Å². The molecule has 0 bridgehead atoms. The zero-order valence-corrected chi connectivity index (χ0v) is 12.6. The average molecular weight is 275 g/mol. The summed E-state index contributed by atoms with van der Waals surface area (Å²) in [5, 5.41) is 9.03. The van der Waals surface area contributed by atoms with Crippen molar-refractivity contribution in [1.82, 2.24) is 4.72 Å². The van der Waals surface area contributed by atoms with E-state index in [9.17, 15) is 9.35 Å². The zero-order chi connectivity index (χ0) is 14.4. The highest BCUT2D eigenvalue weighted by Gasteiger charge is 2.39. The summed E-state index contributed by atoms with van der Waals surface area (Å²) in [5.41, 5.74) is -0.627. The van der Waals surface area contributed by atoms with Crippen molar-refractivity contribution < 1.29 is 14.5 Å². The quantitative estimate of drug-likeness (QED) is 0.527. The predicted octanol–water partition coefficient (Wildman–Crippen LogP) is 2.63. The lowest BCUT2D eigenvalue weighted by molar-refractivity contribution is -0.138. The van der Waals surface area contributed by atoms with Gasteiger partial charge in [0.1, 0.15) is 4.75 Å². The number of rotatable bonds is 8. The van der Waals surface area contributed by atoms with Gasteiger partial charge in [-0.3, -0.25) is 4.79 Å². The fraction of sp³-hybridized carbons (Fsp3) is 0.769. The first-order chi connectivity index (χ1) is 8.17. The molecule has 0 aliphatic carbocycles. The van der Waals surface area contributed by atoms with Gasteiger partial charge in [0.05, 0.1) is 12.0 Å². The van der Waals surface area contributed by atoms with E-state index in [2.05, 4.69) is 11.3 Å². The molecular weight excluding hydrogens is 250 g/mol. The summed E-state index contributed by atoms with van der Waals surface area (Å²) in [5.74, 6) is -0.876. The molecule has 0 amide bonds. The third-order valence-electron chi connectivity index (χ3n) is 2.86. The fourth-order valence-electron chi connectivity index (χ4n) is 1.57. The summed E-state index contributed by atoms with van der Waals surface area (Å²) >= 11 is -1.27. The molecule has 0 rings (SSSR count). The molecular formula is C13H25NO3S. The van der Waals surface area contributed by atoms with Crippen LogP contribution in [0.1, 0.15) is 53.4 Å². The van der Waals surface area contributed by atoms with Gasteiger partial charge >= 0.3 is 5.97 Å². The smallest absolute Gasteiger partial charge is 0.305 e. The molecule has 1 unspecified atom stereocenters. The molecule has 0 saturated carbocycles. The molecule has 18 heavy (non-hydrogen) atoms. The molecule has 0 aliphatic rings. The van der Waals surface area contributed by atoms with Crippen molar-refractivity contribution in [3.8, 4) is 0 Å². The Kier molecular flexibility index (Phi) is 6.96. The molecule has 0 aromatic heterocycles. The monoisotopic (exact) mass is 275 g/mol. The molecule has 2 atom stereocenters. The molecule has 0 aromatic carbocycles. The van der Waals surface area contributed by atoms with Crippen LogP contribution in [0.3, 0.4) is 0 Å². The maximum absolute atomic E-state index is 12.2. The maximum atomic E-state index is 12.2. The van der Waals surface area contributed by atoms with Crippen LogP contribution in [0.4, 0.5) is 0 Å². The zero-order valence-electron chi connectivity index (χ0n) is 11.8. The number of hydrogen-bond acceptors (Lipinski definition) is 3. The maximum Gasteiger partial charge on any atom is 0.305 e. The van der Waals surface area contributed by atoms with Gasteiger partial charge in [-0.15, -0.1) is 11.3 Å². The van der Waals surface area contributed by atoms with E-state index in [-0.39, 0.29) is 6.42 Å². The molecule has 0 radical (unpaired) electrons. The van der Waals surface area contributed by atoms with Crippen LogP contribution in [-0.2, 0) is 16.2 Å². The Bertz CT molecular complexity index is 288. The second-order valence-corrected chi connectivity index (χ2v) is 7.48. The molecule has 0 aromatic rings. The Labute approximate surface area is 113 Å². The summed E-state index contributed by atoms with van der Waals surface area (Å²) in [6.45, 7) is 11.2. The van der Waals surface area contributed by atoms with Crippen LogP contribution in [-0.4, -0.2) is 25.9 Å². The van der Waals surface area contributed by atoms with Gasteiger partial charge in [-0.05, 0) is 40.0 Å². The highest BCUT2D eigenvalue weighted by molar-refractivity contribution is 7.90. The highest BCUT2D eigenvalue weighted by atomic mass is 32.2. The molecule has 0 heterocycles. The number of aliphatic carboxylic acids is 1. The topological polar surface area (TPSA) is 72.4 Å². The Morgan fingerprint density at radius 1 is 1.50 bits per heavy atom. The summed E-state index contributed by atoms with van der Waals surface area (Å²) in [4.78, 5) is 11.0. The van der Waals surface area contributed by atoms with Gasteiger partial charge in [0, 0.05) is 11.4 Å². The molecule has 0 saturated heterocycles. The van der Waals surface area contributed by atoms with E-state index >= 15 is 0 Å². The predicted molar refractivity (Wildman–Crippen MR) is 75.7 cm³/mol. The minimum absolute atomic E-state index is 0.0286. The van der Waals surface area contributed by atoms with Gasteiger partial charge in [-0.25, -0.2) is 0 Å². The SMILES string of the molecule is C=CCC[C@](CC)(CC(=O)O)N[S+]([O-])C(C)(C)C. The standard InChI is InChI=1S/C13H25NO3S/c1-6-8-9-13(7-2,10-11(15)16)14-18(17)12(3,4)5/h6,14H,1,7-10H2,2-5H3,(H,15,16)/t13-,18?/m1/s1. The van der Waals surface area contributed by atoms with Crippen LogP contribution in [0.25, 0.3) is 0 Å². The first-order valence-corrected chi connectivity index (χ1v) is 7.34. The van der Waals surface area contributed by atoms with Crippen molar-refractivity contribution in [3.63, 3.8) is 0 Å². The van der Waals surface area contributed by atoms with Crippen LogP contribution >= 0.6 is 0 Å². The first-order valence-electron chi connectivity index (χ1n) is 6.19. The lowest BCUT2D eigenvalue weighted by Gasteiger charge is -2.36. The largest absolute Gasteiger partial charge is 0.598 e. The van der Waals surface area contributed by atoms with E-state index in [1.807, 2.05) is 27.7 Å². The molecule has 0 fully saturated rings. The number of hydrogen-bond donors (Lipinski definition) is 2. The second kappa shape index (κ2) is 7.16. The Balaban J connectivity index is 4.92. The molecule has 0 aliphatic heterocycles. The fourth-order valence-corrected chi connectivity index (χ4v) is 2.59. The third kappa shape index (κ3) is 5.89. The minimum Gasteiger partial charge on any atom is -0.598 e. The van der Waals surface area contributed by atoms with Gasteiger partial charge in [-0.2, -0.15) is 0 Å². The Morgan fingerprint density at radius 2 is 2.06 bits per heavy atom. The molecule has 106 valence electrons. The summed E-state index contributed by atoms with van der Waals surface area (Å²) in [6, 6.07) is 0.